The van der Waals surface area contributed by atoms with Crippen LogP contribution in [0.15, 0.2) is 41.3 Å². The highest BCUT2D eigenvalue weighted by Gasteiger charge is 2.32. The number of nitrogens with one attached hydrogen (secondary N) is 1. The largest absolute Gasteiger partial charge is 0.502 e. The van der Waals surface area contributed by atoms with Gasteiger partial charge in [0.1, 0.15) is 23.8 Å². The molecule has 2 N–H and O–H groups in total. The number of amides is 2. The number of aromatic nitrogens is 1. The predicted octanol–water partition coefficient (Wildman–Crippen LogP) is 2.11. The zero-order valence-electron chi connectivity index (χ0n) is 18.9. The van der Waals surface area contributed by atoms with Crippen LogP contribution in [0.5, 0.6) is 11.5 Å². The third-order valence-electron chi connectivity index (χ3n) is 5.85. The molecule has 0 radical (unpaired) electrons. The Hall–Kier alpha value is -3.82. The predicted molar refractivity (Wildman–Crippen MR) is 123 cm³/mol. The van der Waals surface area contributed by atoms with Crippen LogP contribution >= 0.6 is 0 Å². The number of benzene rings is 1. The molecule has 0 fully saturated rings. The molecule has 2 aromatic rings. The first-order valence-corrected chi connectivity index (χ1v) is 11.2. The molecule has 0 atom stereocenters. The van der Waals surface area contributed by atoms with Crippen molar-refractivity contribution in [3.05, 3.63) is 69.4 Å². The summed E-state index contributed by atoms with van der Waals surface area (Å²) in [5.74, 6) is -2.15. The molecular weight excluding hydrogens is 443 g/mol. The van der Waals surface area contributed by atoms with E-state index in [0.717, 1.165) is 19.3 Å². The number of carbonyl (C=O) groups excluding carboxylic acids is 2. The van der Waals surface area contributed by atoms with Gasteiger partial charge in [-0.25, -0.2) is 4.39 Å². The fourth-order valence-electron chi connectivity index (χ4n) is 4.02. The van der Waals surface area contributed by atoms with E-state index in [4.69, 9.17) is 4.74 Å². The maximum Gasteiger partial charge on any atom is 0.277 e. The fraction of sp³-hybridized carbons (Fsp3) is 0.375. The highest BCUT2D eigenvalue weighted by Crippen LogP contribution is 2.22. The molecule has 4 rings (SSSR count). The summed E-state index contributed by atoms with van der Waals surface area (Å²) < 4.78 is 20.9. The van der Waals surface area contributed by atoms with E-state index in [1.54, 1.807) is 7.05 Å². The standard InChI is InChI=1S/C24H27FN4O5/c1-27-15-28-10-6-4-2-3-5-7-11-34-19-12-17(25)9-8-16(19)13-26-23(32)18-14-29(28)20(24(27)33)22(31)21(18)30/h3,5,8-9,12,14,31H,2,4,6-7,10-11,13,15H2,1H3,(H,26,32)/b5-3+. The summed E-state index contributed by atoms with van der Waals surface area (Å²) in [5, 5.41) is 15.0. The van der Waals surface area contributed by atoms with Crippen LogP contribution in [0.3, 0.4) is 0 Å². The summed E-state index contributed by atoms with van der Waals surface area (Å²) in [6.45, 7) is 1.15. The second-order valence-electron chi connectivity index (χ2n) is 8.33. The molecular formula is C24H27FN4O5. The van der Waals surface area contributed by atoms with Gasteiger partial charge in [0.05, 0.1) is 6.61 Å². The number of allylic oxidation sites excluding steroid dienone is 1. The molecule has 1 aromatic carbocycles. The Bertz CT molecular complexity index is 1190. The fourth-order valence-corrected chi connectivity index (χ4v) is 4.02. The van der Waals surface area contributed by atoms with Gasteiger partial charge in [-0.1, -0.05) is 18.2 Å². The first-order chi connectivity index (χ1) is 16.4. The van der Waals surface area contributed by atoms with Crippen molar-refractivity contribution in [3.8, 4) is 11.5 Å². The van der Waals surface area contributed by atoms with E-state index < -0.39 is 28.8 Å². The molecule has 180 valence electrons. The van der Waals surface area contributed by atoms with Crippen molar-refractivity contribution >= 4 is 11.8 Å². The monoisotopic (exact) mass is 470 g/mol. The average Bonchev–Trinajstić information content (AvgIpc) is 2.81. The van der Waals surface area contributed by atoms with Crippen LogP contribution in [0, 0.1) is 5.82 Å². The summed E-state index contributed by atoms with van der Waals surface area (Å²) in [5.41, 5.74) is -0.848. The van der Waals surface area contributed by atoms with E-state index in [9.17, 15) is 23.9 Å². The normalized spacial score (nSPS) is 18.3. The van der Waals surface area contributed by atoms with Crippen molar-refractivity contribution in [2.45, 2.75) is 32.2 Å². The van der Waals surface area contributed by atoms with Crippen LogP contribution in [0.4, 0.5) is 4.39 Å². The lowest BCUT2D eigenvalue weighted by Gasteiger charge is -2.38. The van der Waals surface area contributed by atoms with Gasteiger partial charge < -0.3 is 20.1 Å². The summed E-state index contributed by atoms with van der Waals surface area (Å²) in [6, 6.07) is 4.02. The first kappa shape index (κ1) is 23.3. The molecule has 34 heavy (non-hydrogen) atoms. The van der Waals surface area contributed by atoms with Gasteiger partial charge in [-0.15, -0.1) is 0 Å². The SMILES string of the molecule is CN1CN2CCCC/C=C/CCOc3cc(F)ccc3CNC(=O)c3cn2c(c(O)c3=O)C1=O. The van der Waals surface area contributed by atoms with E-state index in [-0.39, 0.29) is 24.5 Å². The average molecular weight is 471 g/mol. The number of hydrogen-bond acceptors (Lipinski definition) is 6. The molecule has 0 saturated heterocycles. The van der Waals surface area contributed by atoms with Gasteiger partial charge in [-0.2, -0.15) is 0 Å². The molecule has 2 aliphatic heterocycles. The first-order valence-electron chi connectivity index (χ1n) is 11.2. The molecule has 0 aliphatic carbocycles. The Morgan fingerprint density at radius 3 is 2.74 bits per heavy atom. The van der Waals surface area contributed by atoms with Gasteiger partial charge in [0.2, 0.25) is 5.43 Å². The Morgan fingerprint density at radius 1 is 1.12 bits per heavy atom. The molecule has 3 heterocycles. The third kappa shape index (κ3) is 4.75. The quantitative estimate of drug-likeness (QED) is 0.572. The van der Waals surface area contributed by atoms with Crippen LogP contribution in [-0.4, -0.2) is 53.4 Å². The lowest BCUT2D eigenvalue weighted by molar-refractivity contribution is 0.0730. The zero-order valence-corrected chi connectivity index (χ0v) is 18.9. The maximum absolute atomic E-state index is 13.8. The Balaban J connectivity index is 1.71. The number of aromatic hydroxyl groups is 1. The van der Waals surface area contributed by atoms with Crippen molar-refractivity contribution in [2.75, 3.05) is 31.9 Å². The number of ether oxygens (including phenoxy) is 1. The molecule has 10 heteroatoms. The molecule has 2 aliphatic rings. The lowest BCUT2D eigenvalue weighted by Crippen LogP contribution is -2.53. The minimum atomic E-state index is -0.928. The van der Waals surface area contributed by atoms with Crippen LogP contribution in [0.2, 0.25) is 0 Å². The van der Waals surface area contributed by atoms with E-state index in [0.29, 0.717) is 30.9 Å². The van der Waals surface area contributed by atoms with Crippen LogP contribution in [0.1, 0.15) is 52.1 Å². The van der Waals surface area contributed by atoms with Crippen molar-refractivity contribution in [2.24, 2.45) is 0 Å². The summed E-state index contributed by atoms with van der Waals surface area (Å²) in [4.78, 5) is 39.8. The van der Waals surface area contributed by atoms with Crippen molar-refractivity contribution in [1.29, 1.82) is 0 Å². The van der Waals surface area contributed by atoms with Gasteiger partial charge in [-0.3, -0.25) is 24.1 Å². The van der Waals surface area contributed by atoms with Crippen LogP contribution in [0.25, 0.3) is 0 Å². The number of hydrogen-bond donors (Lipinski definition) is 2. The van der Waals surface area contributed by atoms with Crippen molar-refractivity contribution in [1.82, 2.24) is 14.9 Å². The number of nitrogens with zero attached hydrogens (tertiary/aromatic N) is 3. The summed E-state index contributed by atoms with van der Waals surface area (Å²) in [6.07, 6.45) is 8.56. The number of carbonyl (C=O) groups is 2. The minimum absolute atomic E-state index is 0.0162. The topological polar surface area (TPSA) is 104 Å². The second kappa shape index (κ2) is 9.98. The number of fused-ring (bicyclic) bond motifs is 2. The summed E-state index contributed by atoms with van der Waals surface area (Å²) >= 11 is 0. The number of rotatable bonds is 0. The Labute approximate surface area is 196 Å². The molecule has 1 aromatic heterocycles. The highest BCUT2D eigenvalue weighted by molar-refractivity contribution is 5.99. The number of pyridine rings is 1. The molecule has 9 nitrogen and oxygen atoms in total. The van der Waals surface area contributed by atoms with E-state index in [1.807, 2.05) is 11.1 Å². The lowest BCUT2D eigenvalue weighted by atomic mass is 10.1. The van der Waals surface area contributed by atoms with Gasteiger partial charge >= 0.3 is 0 Å². The molecule has 0 saturated carbocycles. The van der Waals surface area contributed by atoms with Crippen molar-refractivity contribution < 1.29 is 23.8 Å². The van der Waals surface area contributed by atoms with E-state index >= 15 is 0 Å². The smallest absolute Gasteiger partial charge is 0.277 e. The van der Waals surface area contributed by atoms with Gasteiger partial charge in [0, 0.05) is 38.0 Å². The number of halogens is 1. The van der Waals surface area contributed by atoms with Gasteiger partial charge in [-0.05, 0) is 31.7 Å². The maximum atomic E-state index is 13.8. The Kier molecular flexibility index (Phi) is 6.85. The molecule has 2 amide bonds. The van der Waals surface area contributed by atoms with Crippen LogP contribution < -0.4 is 20.5 Å². The third-order valence-corrected chi connectivity index (χ3v) is 5.85. The molecule has 0 spiro atoms. The van der Waals surface area contributed by atoms with Gasteiger partial charge in [0.15, 0.2) is 11.4 Å². The van der Waals surface area contributed by atoms with Crippen LogP contribution in [-0.2, 0) is 6.54 Å². The minimum Gasteiger partial charge on any atom is -0.502 e. The second-order valence-corrected chi connectivity index (χ2v) is 8.33. The van der Waals surface area contributed by atoms with E-state index in [2.05, 4.69) is 11.4 Å². The molecule has 0 unspecified atom stereocenters. The Morgan fingerprint density at radius 2 is 1.91 bits per heavy atom. The van der Waals surface area contributed by atoms with Gasteiger partial charge in [0.25, 0.3) is 11.8 Å². The van der Waals surface area contributed by atoms with Crippen molar-refractivity contribution in [3.63, 3.8) is 0 Å². The molecule has 2 bridgehead atoms. The van der Waals surface area contributed by atoms with E-state index in [1.165, 1.54) is 34.0 Å². The highest BCUT2D eigenvalue weighted by atomic mass is 19.1. The zero-order chi connectivity index (χ0) is 24.2. The summed E-state index contributed by atoms with van der Waals surface area (Å²) in [7, 11) is 1.59.